The maximum Gasteiger partial charge on any atom is 0.418 e. The predicted molar refractivity (Wildman–Crippen MR) is 54.3 cm³/mol. The number of nitrogens with zero attached hydrogens (tertiary/aromatic N) is 1. The van der Waals surface area contributed by atoms with Gasteiger partial charge < -0.3 is 5.73 Å². The summed E-state index contributed by atoms with van der Waals surface area (Å²) in [5.41, 5.74) is 1.72. The van der Waals surface area contributed by atoms with Crippen molar-refractivity contribution in [3.63, 3.8) is 0 Å². The molecule has 0 saturated heterocycles. The quantitative estimate of drug-likeness (QED) is 0.672. The van der Waals surface area contributed by atoms with Gasteiger partial charge in [-0.25, -0.2) is 0 Å². The molecule has 0 aliphatic carbocycles. The van der Waals surface area contributed by atoms with Crippen LogP contribution in [0.5, 0.6) is 0 Å². The molecule has 2 N–H and O–H groups in total. The second-order valence-corrected chi connectivity index (χ2v) is 3.73. The summed E-state index contributed by atoms with van der Waals surface area (Å²) < 4.78 is 37.1. The Balaban J connectivity index is 3.65. The Morgan fingerprint density at radius 2 is 1.94 bits per heavy atom. The number of nitrogens with two attached hydrogens (primary N) is 1. The van der Waals surface area contributed by atoms with E-state index in [9.17, 15) is 28.1 Å². The largest absolute Gasteiger partial charge is 0.418 e. The van der Waals surface area contributed by atoms with E-state index < -0.39 is 38.3 Å². The lowest BCUT2D eigenvalue weighted by atomic mass is 10.1. The van der Waals surface area contributed by atoms with Crippen LogP contribution in [-0.2, 0) is 6.18 Å². The molecule has 92 valence electrons. The third-order valence-corrected chi connectivity index (χ3v) is 2.67. The molecule has 0 heterocycles. The summed E-state index contributed by atoms with van der Waals surface area (Å²) in [6.07, 6.45) is -4.92. The summed E-state index contributed by atoms with van der Waals surface area (Å²) in [5.74, 6) is -1.31. The van der Waals surface area contributed by atoms with Gasteiger partial charge in [0, 0.05) is 6.07 Å². The summed E-state index contributed by atoms with van der Waals surface area (Å²) in [4.78, 5) is 20.3. The first-order chi connectivity index (χ1) is 7.66. The maximum atomic E-state index is 12.7. The van der Waals surface area contributed by atoms with E-state index >= 15 is 0 Å². The topological polar surface area (TPSA) is 86.2 Å². The van der Waals surface area contributed by atoms with Crippen LogP contribution in [0.15, 0.2) is 16.6 Å². The smallest absolute Gasteiger partial charge is 0.366 e. The van der Waals surface area contributed by atoms with Crippen LogP contribution in [0.25, 0.3) is 0 Å². The van der Waals surface area contributed by atoms with E-state index in [0.717, 1.165) is 6.07 Å². The molecule has 0 fully saturated rings. The molecule has 9 heteroatoms. The lowest BCUT2D eigenvalue weighted by molar-refractivity contribution is -0.386. The zero-order chi connectivity index (χ0) is 13.4. The van der Waals surface area contributed by atoms with Gasteiger partial charge in [-0.15, -0.1) is 0 Å². The third kappa shape index (κ3) is 2.54. The molecule has 0 aliphatic rings. The fourth-order valence-corrected chi connectivity index (χ4v) is 1.90. The molecule has 17 heavy (non-hydrogen) atoms. The van der Waals surface area contributed by atoms with E-state index in [-0.39, 0.29) is 0 Å². The molecule has 0 bridgehead atoms. The molecule has 5 nitrogen and oxygen atoms in total. The molecule has 1 rings (SSSR count). The Kier molecular flexibility index (Phi) is 3.41. The van der Waals surface area contributed by atoms with Gasteiger partial charge in [0.05, 0.1) is 16.1 Å². The number of hydrogen-bond acceptors (Lipinski definition) is 3. The molecule has 1 aromatic rings. The molecule has 0 spiro atoms. The van der Waals surface area contributed by atoms with Crippen LogP contribution in [0.1, 0.15) is 15.9 Å². The van der Waals surface area contributed by atoms with Crippen molar-refractivity contribution in [1.82, 2.24) is 0 Å². The monoisotopic (exact) mass is 312 g/mol. The number of nitro groups is 1. The first kappa shape index (κ1) is 13.4. The highest BCUT2D eigenvalue weighted by atomic mass is 79.9. The fourth-order valence-electron chi connectivity index (χ4n) is 1.19. The Morgan fingerprint density at radius 3 is 2.29 bits per heavy atom. The van der Waals surface area contributed by atoms with Gasteiger partial charge >= 0.3 is 6.18 Å². The Labute approximate surface area is 101 Å². The second kappa shape index (κ2) is 4.32. The minimum Gasteiger partial charge on any atom is -0.366 e. The minimum absolute atomic E-state index is 0.675. The highest BCUT2D eigenvalue weighted by Gasteiger charge is 2.40. The van der Waals surface area contributed by atoms with Gasteiger partial charge in [0.2, 0.25) is 5.91 Å². The van der Waals surface area contributed by atoms with Crippen LogP contribution >= 0.6 is 15.9 Å². The van der Waals surface area contributed by atoms with Gasteiger partial charge in [0.1, 0.15) is 4.47 Å². The van der Waals surface area contributed by atoms with Crippen molar-refractivity contribution in [2.75, 3.05) is 0 Å². The Bertz CT molecular complexity index is 502. The first-order valence-electron chi connectivity index (χ1n) is 4.00. The molecular formula is C8H4BrF3N2O3. The number of rotatable bonds is 2. The molecule has 0 aromatic heterocycles. The average Bonchev–Trinajstić information content (AvgIpc) is 2.14. The second-order valence-electron chi connectivity index (χ2n) is 2.94. The van der Waals surface area contributed by atoms with Gasteiger partial charge in [-0.3, -0.25) is 14.9 Å². The van der Waals surface area contributed by atoms with E-state index in [1.807, 2.05) is 0 Å². The van der Waals surface area contributed by atoms with Gasteiger partial charge in [-0.1, -0.05) is 0 Å². The lowest BCUT2D eigenvalue weighted by Gasteiger charge is -2.12. The molecule has 0 aliphatic heterocycles. The lowest BCUT2D eigenvalue weighted by Crippen LogP contribution is -2.19. The number of carbonyl (C=O) groups excluding carboxylic acids is 1. The number of carbonyl (C=O) groups is 1. The molecule has 0 unspecified atom stereocenters. The van der Waals surface area contributed by atoms with Gasteiger partial charge in [0.25, 0.3) is 5.69 Å². The number of amides is 1. The van der Waals surface area contributed by atoms with E-state index in [4.69, 9.17) is 5.73 Å². The first-order valence-corrected chi connectivity index (χ1v) is 4.79. The normalized spacial score (nSPS) is 11.3. The zero-order valence-corrected chi connectivity index (χ0v) is 9.50. The fraction of sp³-hybridized carbons (Fsp3) is 0.125. The highest BCUT2D eigenvalue weighted by molar-refractivity contribution is 9.10. The van der Waals surface area contributed by atoms with Crippen LogP contribution in [-0.4, -0.2) is 10.8 Å². The highest BCUT2D eigenvalue weighted by Crippen LogP contribution is 2.41. The van der Waals surface area contributed by atoms with Crippen molar-refractivity contribution in [3.05, 3.63) is 37.8 Å². The van der Waals surface area contributed by atoms with Crippen LogP contribution < -0.4 is 5.73 Å². The molecule has 1 aromatic carbocycles. The maximum absolute atomic E-state index is 12.7. The molecule has 1 amide bonds. The SMILES string of the molecule is NC(=O)c1ccc([N+](=O)[O-])c(Br)c1C(F)(F)F. The van der Waals surface area contributed by atoms with Crippen molar-refractivity contribution >= 4 is 27.5 Å². The van der Waals surface area contributed by atoms with Crippen molar-refractivity contribution in [3.8, 4) is 0 Å². The summed E-state index contributed by atoms with van der Waals surface area (Å²) in [6.45, 7) is 0. The number of alkyl halides is 3. The summed E-state index contributed by atoms with van der Waals surface area (Å²) >= 11 is 2.47. The van der Waals surface area contributed by atoms with E-state index in [2.05, 4.69) is 15.9 Å². The number of primary amides is 1. The van der Waals surface area contributed by atoms with Crippen molar-refractivity contribution < 1.29 is 22.9 Å². The van der Waals surface area contributed by atoms with Gasteiger partial charge in [-0.05, 0) is 22.0 Å². The average molecular weight is 313 g/mol. The summed E-state index contributed by atoms with van der Waals surface area (Å²) in [5, 5.41) is 10.5. The zero-order valence-electron chi connectivity index (χ0n) is 7.92. The number of hydrogen-bond donors (Lipinski definition) is 1. The number of nitro benzene ring substituents is 1. The standard InChI is InChI=1S/C8H4BrF3N2O3/c9-6-4(14(16)17)2-1-3(7(13)15)5(6)8(10,11)12/h1-2H,(H2,13,15). The summed E-state index contributed by atoms with van der Waals surface area (Å²) in [6, 6.07) is 1.45. The Hall–Kier alpha value is -1.64. The molecule has 0 saturated carbocycles. The third-order valence-electron chi connectivity index (χ3n) is 1.87. The summed E-state index contributed by atoms with van der Waals surface area (Å²) in [7, 11) is 0. The van der Waals surface area contributed by atoms with Crippen LogP contribution in [0.3, 0.4) is 0 Å². The molecular weight excluding hydrogens is 309 g/mol. The van der Waals surface area contributed by atoms with Gasteiger partial charge in [0.15, 0.2) is 0 Å². The van der Waals surface area contributed by atoms with Crippen LogP contribution in [0.4, 0.5) is 18.9 Å². The molecule has 0 atom stereocenters. The number of benzene rings is 1. The number of halogens is 4. The van der Waals surface area contributed by atoms with Crippen molar-refractivity contribution in [2.24, 2.45) is 5.73 Å². The van der Waals surface area contributed by atoms with E-state index in [0.29, 0.717) is 6.07 Å². The van der Waals surface area contributed by atoms with E-state index in [1.54, 1.807) is 0 Å². The van der Waals surface area contributed by atoms with Crippen LogP contribution in [0, 0.1) is 10.1 Å². The van der Waals surface area contributed by atoms with Crippen molar-refractivity contribution in [1.29, 1.82) is 0 Å². The van der Waals surface area contributed by atoms with E-state index in [1.165, 1.54) is 0 Å². The van der Waals surface area contributed by atoms with Crippen molar-refractivity contribution in [2.45, 2.75) is 6.18 Å². The van der Waals surface area contributed by atoms with Crippen LogP contribution in [0.2, 0.25) is 0 Å². The van der Waals surface area contributed by atoms with Gasteiger partial charge in [-0.2, -0.15) is 13.2 Å². The molecule has 0 radical (unpaired) electrons. The Morgan fingerprint density at radius 1 is 1.41 bits per heavy atom. The minimum atomic E-state index is -4.92. The predicted octanol–water partition coefficient (Wildman–Crippen LogP) is 2.47.